The van der Waals surface area contributed by atoms with Crippen LogP contribution in [0.2, 0.25) is 0 Å². The van der Waals surface area contributed by atoms with Crippen LogP contribution in [0.3, 0.4) is 0 Å². The second-order valence-electron chi connectivity index (χ2n) is 5.44. The topological polar surface area (TPSA) is 38.3 Å². The normalized spacial score (nSPS) is 20.7. The fourth-order valence-corrected chi connectivity index (χ4v) is 2.94. The van der Waals surface area contributed by atoms with Crippen LogP contribution in [-0.2, 0) is 4.79 Å². The summed E-state index contributed by atoms with van der Waals surface area (Å²) in [5.41, 5.74) is 1.29. The van der Waals surface area contributed by atoms with Crippen LogP contribution in [0.15, 0.2) is 36.4 Å². The number of methoxy groups -OCH3 is 1. The number of hydrogen-bond acceptors (Lipinski definition) is 2. The summed E-state index contributed by atoms with van der Waals surface area (Å²) < 4.78 is 5.54. The molecule has 0 saturated heterocycles. The van der Waals surface area contributed by atoms with Gasteiger partial charge in [0, 0.05) is 19.0 Å². The Morgan fingerprint density at radius 2 is 2.10 bits per heavy atom. The molecule has 104 valence electrons. The molecule has 0 unspecified atom stereocenters. The molecule has 1 N–H and O–H groups in total. The Morgan fingerprint density at radius 1 is 1.30 bits per heavy atom. The monoisotopic (exact) mass is 269 g/mol. The molecule has 0 aromatic heterocycles. The second-order valence-corrected chi connectivity index (χ2v) is 5.44. The number of nitrogens with one attached hydrogen (secondary N) is 1. The lowest BCUT2D eigenvalue weighted by Crippen LogP contribution is -2.22. The highest BCUT2D eigenvalue weighted by atomic mass is 16.5. The van der Waals surface area contributed by atoms with Crippen molar-refractivity contribution in [2.45, 2.75) is 19.3 Å². The van der Waals surface area contributed by atoms with E-state index in [0.29, 0.717) is 11.8 Å². The lowest BCUT2D eigenvalue weighted by atomic mass is 9.99. The summed E-state index contributed by atoms with van der Waals surface area (Å²) in [6.07, 6.45) is 1.12. The predicted molar refractivity (Wildman–Crippen MR) is 80.0 cm³/mol. The SMILES string of the molecule is COc1ccc2ccccc2c1[C@@H]1C[C@H]1CNC(C)=O. The maximum Gasteiger partial charge on any atom is 0.216 e. The molecule has 1 aliphatic carbocycles. The standard InChI is InChI=1S/C17H19NO2/c1-11(19)18-10-13-9-15(13)17-14-6-4-3-5-12(14)7-8-16(17)20-2/h3-8,13,15H,9-10H2,1-2H3,(H,18,19)/t13-,15+/m0/s1. The number of ether oxygens (including phenoxy) is 1. The zero-order valence-electron chi connectivity index (χ0n) is 11.8. The summed E-state index contributed by atoms with van der Waals surface area (Å²) in [5, 5.41) is 5.42. The summed E-state index contributed by atoms with van der Waals surface area (Å²) in [6.45, 7) is 2.32. The molecular weight excluding hydrogens is 250 g/mol. The van der Waals surface area contributed by atoms with E-state index < -0.39 is 0 Å². The van der Waals surface area contributed by atoms with Gasteiger partial charge in [0.15, 0.2) is 0 Å². The molecule has 3 rings (SSSR count). The van der Waals surface area contributed by atoms with Gasteiger partial charge in [0.05, 0.1) is 7.11 Å². The highest BCUT2D eigenvalue weighted by Crippen LogP contribution is 2.52. The van der Waals surface area contributed by atoms with Crippen molar-refractivity contribution < 1.29 is 9.53 Å². The fourth-order valence-electron chi connectivity index (χ4n) is 2.94. The third-order valence-electron chi connectivity index (χ3n) is 4.06. The average Bonchev–Trinajstić information content (AvgIpc) is 3.23. The van der Waals surface area contributed by atoms with Crippen molar-refractivity contribution in [3.8, 4) is 5.75 Å². The molecule has 2 atom stereocenters. The summed E-state index contributed by atoms with van der Waals surface area (Å²) in [7, 11) is 1.72. The Balaban J connectivity index is 1.93. The van der Waals surface area contributed by atoms with E-state index in [1.807, 2.05) is 6.07 Å². The van der Waals surface area contributed by atoms with Crippen LogP contribution in [0.1, 0.15) is 24.8 Å². The maximum absolute atomic E-state index is 11.0. The number of amides is 1. The van der Waals surface area contributed by atoms with Gasteiger partial charge >= 0.3 is 0 Å². The first kappa shape index (κ1) is 13.0. The molecule has 0 heterocycles. The van der Waals surface area contributed by atoms with Crippen molar-refractivity contribution in [3.05, 3.63) is 42.0 Å². The molecule has 20 heavy (non-hydrogen) atoms. The molecule has 0 spiro atoms. The van der Waals surface area contributed by atoms with E-state index in [0.717, 1.165) is 18.7 Å². The molecule has 3 heteroatoms. The predicted octanol–water partition coefficient (Wildman–Crippen LogP) is 3.09. The van der Waals surface area contributed by atoms with E-state index in [1.54, 1.807) is 14.0 Å². The molecule has 2 aromatic carbocycles. The van der Waals surface area contributed by atoms with Gasteiger partial charge in [-0.05, 0) is 35.1 Å². The van der Waals surface area contributed by atoms with Crippen LogP contribution in [0, 0.1) is 5.92 Å². The molecule has 1 saturated carbocycles. The third-order valence-corrected chi connectivity index (χ3v) is 4.06. The van der Waals surface area contributed by atoms with Gasteiger partial charge in [-0.3, -0.25) is 4.79 Å². The van der Waals surface area contributed by atoms with Gasteiger partial charge < -0.3 is 10.1 Å². The summed E-state index contributed by atoms with van der Waals surface area (Å²) in [6, 6.07) is 12.6. The fraction of sp³-hybridized carbons (Fsp3) is 0.353. The van der Waals surface area contributed by atoms with Gasteiger partial charge in [-0.15, -0.1) is 0 Å². The highest BCUT2D eigenvalue weighted by Gasteiger charge is 2.40. The molecule has 1 amide bonds. The number of carbonyl (C=O) groups is 1. The molecule has 0 bridgehead atoms. The Labute approximate surface area is 118 Å². The van der Waals surface area contributed by atoms with Crippen molar-refractivity contribution >= 4 is 16.7 Å². The van der Waals surface area contributed by atoms with E-state index >= 15 is 0 Å². The third kappa shape index (κ3) is 2.36. The van der Waals surface area contributed by atoms with E-state index in [-0.39, 0.29) is 5.91 Å². The van der Waals surface area contributed by atoms with Crippen LogP contribution in [0.25, 0.3) is 10.8 Å². The molecule has 0 aliphatic heterocycles. The number of carbonyl (C=O) groups excluding carboxylic acids is 1. The van der Waals surface area contributed by atoms with Crippen molar-refractivity contribution in [1.29, 1.82) is 0 Å². The lowest BCUT2D eigenvalue weighted by molar-refractivity contribution is -0.119. The van der Waals surface area contributed by atoms with E-state index in [4.69, 9.17) is 4.74 Å². The largest absolute Gasteiger partial charge is 0.496 e. The van der Waals surface area contributed by atoms with Crippen LogP contribution in [-0.4, -0.2) is 19.6 Å². The summed E-state index contributed by atoms with van der Waals surface area (Å²) >= 11 is 0. The molecule has 1 fully saturated rings. The first-order valence-corrected chi connectivity index (χ1v) is 7.00. The summed E-state index contributed by atoms with van der Waals surface area (Å²) in [5.74, 6) is 2.01. The Hall–Kier alpha value is -2.03. The van der Waals surface area contributed by atoms with E-state index in [2.05, 4.69) is 35.6 Å². The van der Waals surface area contributed by atoms with Crippen LogP contribution < -0.4 is 10.1 Å². The van der Waals surface area contributed by atoms with Crippen LogP contribution >= 0.6 is 0 Å². The average molecular weight is 269 g/mol. The quantitative estimate of drug-likeness (QED) is 0.926. The van der Waals surface area contributed by atoms with Gasteiger partial charge in [-0.1, -0.05) is 30.3 Å². The number of hydrogen-bond donors (Lipinski definition) is 1. The van der Waals surface area contributed by atoms with Gasteiger partial charge in [0.1, 0.15) is 5.75 Å². The maximum atomic E-state index is 11.0. The molecule has 0 radical (unpaired) electrons. The van der Waals surface area contributed by atoms with Crippen molar-refractivity contribution in [1.82, 2.24) is 5.32 Å². The Kier molecular flexibility index (Phi) is 3.35. The summed E-state index contributed by atoms with van der Waals surface area (Å²) in [4.78, 5) is 11.0. The zero-order valence-corrected chi connectivity index (χ0v) is 11.8. The minimum Gasteiger partial charge on any atom is -0.496 e. The van der Waals surface area contributed by atoms with Crippen molar-refractivity contribution in [2.75, 3.05) is 13.7 Å². The number of rotatable bonds is 4. The van der Waals surface area contributed by atoms with E-state index in [9.17, 15) is 4.79 Å². The Bertz CT molecular complexity index is 650. The lowest BCUT2D eigenvalue weighted by Gasteiger charge is -2.12. The van der Waals surface area contributed by atoms with Crippen LogP contribution in [0.4, 0.5) is 0 Å². The second kappa shape index (κ2) is 5.16. The van der Waals surface area contributed by atoms with Gasteiger partial charge in [0.25, 0.3) is 0 Å². The van der Waals surface area contributed by atoms with Crippen molar-refractivity contribution in [3.63, 3.8) is 0 Å². The van der Waals surface area contributed by atoms with Gasteiger partial charge in [-0.2, -0.15) is 0 Å². The molecular formula is C17H19NO2. The zero-order chi connectivity index (χ0) is 14.1. The van der Waals surface area contributed by atoms with Crippen molar-refractivity contribution in [2.24, 2.45) is 5.92 Å². The number of fused-ring (bicyclic) bond motifs is 1. The molecule has 3 nitrogen and oxygen atoms in total. The number of benzene rings is 2. The van der Waals surface area contributed by atoms with Crippen LogP contribution in [0.5, 0.6) is 5.75 Å². The van der Waals surface area contributed by atoms with E-state index in [1.165, 1.54) is 16.3 Å². The minimum absolute atomic E-state index is 0.0422. The smallest absolute Gasteiger partial charge is 0.216 e. The van der Waals surface area contributed by atoms with Gasteiger partial charge in [-0.25, -0.2) is 0 Å². The highest BCUT2D eigenvalue weighted by molar-refractivity contribution is 5.88. The molecule has 2 aromatic rings. The van der Waals surface area contributed by atoms with Gasteiger partial charge in [0.2, 0.25) is 5.91 Å². The Morgan fingerprint density at radius 3 is 2.85 bits per heavy atom. The minimum atomic E-state index is 0.0422. The molecule has 1 aliphatic rings. The first-order chi connectivity index (χ1) is 9.70. The first-order valence-electron chi connectivity index (χ1n) is 7.00.